The molecule has 0 spiro atoms. The van der Waals surface area contributed by atoms with E-state index in [1.807, 2.05) is 24.5 Å². The molecule has 6 nitrogen and oxygen atoms in total. The highest BCUT2D eigenvalue weighted by molar-refractivity contribution is 6.54. The first-order valence-electron chi connectivity index (χ1n) is 9.76. The molecule has 0 unspecified atom stereocenters. The van der Waals surface area contributed by atoms with Crippen molar-refractivity contribution in [2.45, 2.75) is 25.2 Å². The summed E-state index contributed by atoms with van der Waals surface area (Å²) in [5.41, 5.74) is 1.82. The van der Waals surface area contributed by atoms with Crippen molar-refractivity contribution in [3.8, 4) is 5.75 Å². The number of nitrogens with one attached hydrogen (secondary N) is 1. The largest absolute Gasteiger partial charge is 0.415 e. The number of alkyl halides is 2. The van der Waals surface area contributed by atoms with Crippen LogP contribution in [0, 0.1) is 5.82 Å². The fourth-order valence-electron chi connectivity index (χ4n) is 3.25. The average molecular weight is 466 g/mol. The highest BCUT2D eigenvalue weighted by atomic mass is 35.5. The first-order valence-corrected chi connectivity index (χ1v) is 10.6. The monoisotopic (exact) mass is 465 g/mol. The molecule has 31 heavy (non-hydrogen) atoms. The molecule has 164 valence electrons. The number of hydrogen-bond donors (Lipinski definition) is 1. The molecule has 0 saturated carbocycles. The van der Waals surface area contributed by atoms with E-state index in [4.69, 9.17) is 27.9 Å². The minimum atomic E-state index is -1.30. The van der Waals surface area contributed by atoms with Crippen LogP contribution in [0.3, 0.4) is 0 Å². The zero-order valence-electron chi connectivity index (χ0n) is 17.1. The minimum Gasteiger partial charge on any atom is -0.408 e. The van der Waals surface area contributed by atoms with Crippen LogP contribution in [0.5, 0.6) is 5.75 Å². The van der Waals surface area contributed by atoms with Gasteiger partial charge in [-0.25, -0.2) is 9.18 Å². The van der Waals surface area contributed by atoms with Crippen LogP contribution in [0.25, 0.3) is 10.9 Å². The lowest BCUT2D eigenvalue weighted by atomic mass is 10.2. The first-order chi connectivity index (χ1) is 14.8. The zero-order valence-corrected chi connectivity index (χ0v) is 18.6. The van der Waals surface area contributed by atoms with Crippen molar-refractivity contribution < 1.29 is 18.7 Å². The number of carbonyl (C=O) groups is 2. The summed E-state index contributed by atoms with van der Waals surface area (Å²) in [6, 6.07) is 11.5. The van der Waals surface area contributed by atoms with Crippen molar-refractivity contribution in [2.75, 3.05) is 18.4 Å². The molecule has 1 aromatic heterocycles. The predicted molar refractivity (Wildman–Crippen MR) is 121 cm³/mol. The summed E-state index contributed by atoms with van der Waals surface area (Å²) in [6.45, 7) is 5.06. The molecule has 0 fully saturated rings. The Morgan fingerprint density at radius 3 is 2.55 bits per heavy atom. The Bertz CT molecular complexity index is 1100. The molecule has 2 aromatic carbocycles. The van der Waals surface area contributed by atoms with Crippen molar-refractivity contribution in [2.24, 2.45) is 0 Å². The number of rotatable bonds is 7. The maximum absolute atomic E-state index is 13.6. The van der Waals surface area contributed by atoms with Gasteiger partial charge in [-0.2, -0.15) is 0 Å². The number of carbonyl (C=O) groups excluding carboxylic acids is 2. The Kier molecular flexibility index (Phi) is 7.41. The smallest absolute Gasteiger partial charge is 0.408 e. The van der Waals surface area contributed by atoms with Gasteiger partial charge in [0, 0.05) is 31.2 Å². The number of amides is 2. The van der Waals surface area contributed by atoms with E-state index >= 15 is 0 Å². The number of fused-ring (bicyclic) bond motifs is 1. The number of ether oxygens (including phenoxy) is 1. The fourth-order valence-corrected chi connectivity index (χ4v) is 3.36. The lowest BCUT2D eigenvalue weighted by Crippen LogP contribution is -2.33. The van der Waals surface area contributed by atoms with Gasteiger partial charge in [0.15, 0.2) is 10.6 Å². The molecule has 3 rings (SSSR count). The molecule has 2 amide bonds. The lowest BCUT2D eigenvalue weighted by molar-refractivity contribution is -0.114. The second kappa shape index (κ2) is 10.0. The standard InChI is InChI=1S/C22H22Cl2FN3O3/c1-3-27(4-2)22(30)31-18-9-8-17-16(19(18)26-21(29)20(23)24)10-11-28(17)13-14-6-5-7-15(25)12-14/h5-12,20H,3-4,13H2,1-2H3,(H,26,29). The van der Waals surface area contributed by atoms with Crippen LogP contribution in [0.4, 0.5) is 14.9 Å². The molecular weight excluding hydrogens is 444 g/mol. The molecule has 0 aliphatic heterocycles. The normalized spacial score (nSPS) is 11.0. The van der Waals surface area contributed by atoms with Crippen molar-refractivity contribution in [1.29, 1.82) is 0 Å². The number of benzene rings is 2. The van der Waals surface area contributed by atoms with E-state index < -0.39 is 16.8 Å². The maximum atomic E-state index is 13.6. The third-order valence-electron chi connectivity index (χ3n) is 4.82. The van der Waals surface area contributed by atoms with Gasteiger partial charge in [0.1, 0.15) is 5.82 Å². The first kappa shape index (κ1) is 22.9. The van der Waals surface area contributed by atoms with Crippen molar-refractivity contribution in [1.82, 2.24) is 9.47 Å². The molecule has 9 heteroatoms. The molecule has 0 aliphatic rings. The summed E-state index contributed by atoms with van der Waals surface area (Å²) in [7, 11) is 0. The van der Waals surface area contributed by atoms with E-state index in [-0.39, 0.29) is 17.3 Å². The van der Waals surface area contributed by atoms with Gasteiger partial charge in [0.2, 0.25) is 0 Å². The van der Waals surface area contributed by atoms with Crippen molar-refractivity contribution in [3.63, 3.8) is 0 Å². The molecule has 0 bridgehead atoms. The molecular formula is C22H22Cl2FN3O3. The highest BCUT2D eigenvalue weighted by Gasteiger charge is 2.21. The van der Waals surface area contributed by atoms with Gasteiger partial charge in [-0.15, -0.1) is 0 Å². The van der Waals surface area contributed by atoms with Crippen molar-refractivity contribution >= 4 is 51.8 Å². The SMILES string of the molecule is CCN(CC)C(=O)Oc1ccc2c(ccn2Cc2cccc(F)c2)c1NC(=O)C(Cl)Cl. The second-order valence-corrected chi connectivity index (χ2v) is 7.87. The van der Waals surface area contributed by atoms with Crippen LogP contribution < -0.4 is 10.1 Å². The van der Waals surface area contributed by atoms with E-state index in [2.05, 4.69) is 5.32 Å². The average Bonchev–Trinajstić information content (AvgIpc) is 3.13. The quantitative estimate of drug-likeness (QED) is 0.474. The van der Waals surface area contributed by atoms with Crippen LogP contribution in [0.1, 0.15) is 19.4 Å². The number of hydrogen-bond acceptors (Lipinski definition) is 3. The summed E-state index contributed by atoms with van der Waals surface area (Å²) in [5, 5.41) is 3.28. The number of aromatic nitrogens is 1. The van der Waals surface area contributed by atoms with Crippen LogP contribution in [-0.4, -0.2) is 39.4 Å². The molecule has 0 radical (unpaired) electrons. The minimum absolute atomic E-state index is 0.176. The molecule has 1 N–H and O–H groups in total. The number of halogens is 3. The van der Waals surface area contributed by atoms with Gasteiger partial charge in [0.05, 0.1) is 11.2 Å². The molecule has 0 saturated heterocycles. The summed E-state index contributed by atoms with van der Waals surface area (Å²) >= 11 is 11.4. The van der Waals surface area contributed by atoms with E-state index in [9.17, 15) is 14.0 Å². The Hall–Kier alpha value is -2.77. The Labute approximate surface area is 189 Å². The Morgan fingerprint density at radius 2 is 1.90 bits per heavy atom. The van der Waals surface area contributed by atoms with E-state index in [1.165, 1.54) is 17.0 Å². The maximum Gasteiger partial charge on any atom is 0.415 e. The van der Waals surface area contributed by atoms with Gasteiger partial charge < -0.3 is 19.5 Å². The van der Waals surface area contributed by atoms with Gasteiger partial charge >= 0.3 is 6.09 Å². The molecule has 0 atom stereocenters. The van der Waals surface area contributed by atoms with E-state index in [0.29, 0.717) is 25.0 Å². The summed E-state index contributed by atoms with van der Waals surface area (Å²) in [4.78, 5) is 24.9. The van der Waals surface area contributed by atoms with Crippen LogP contribution >= 0.6 is 23.2 Å². The summed E-state index contributed by atoms with van der Waals surface area (Å²) < 4.78 is 21.0. The second-order valence-electron chi connectivity index (χ2n) is 6.78. The van der Waals surface area contributed by atoms with Gasteiger partial charge in [-0.1, -0.05) is 35.3 Å². The van der Waals surface area contributed by atoms with Crippen LogP contribution in [0.15, 0.2) is 48.7 Å². The molecule has 0 aliphatic carbocycles. The Morgan fingerprint density at radius 1 is 1.16 bits per heavy atom. The van der Waals surface area contributed by atoms with Gasteiger partial charge in [-0.05, 0) is 49.7 Å². The van der Waals surface area contributed by atoms with E-state index in [0.717, 1.165) is 11.1 Å². The van der Waals surface area contributed by atoms with E-state index in [1.54, 1.807) is 30.5 Å². The number of anilines is 1. The predicted octanol–water partition coefficient (Wildman–Crippen LogP) is 5.41. The third kappa shape index (κ3) is 5.29. The summed E-state index contributed by atoms with van der Waals surface area (Å²) in [6.07, 6.45) is 1.27. The van der Waals surface area contributed by atoms with Crippen LogP contribution in [0.2, 0.25) is 0 Å². The van der Waals surface area contributed by atoms with Gasteiger partial charge in [-0.3, -0.25) is 4.79 Å². The lowest BCUT2D eigenvalue weighted by Gasteiger charge is -2.20. The van der Waals surface area contributed by atoms with Gasteiger partial charge in [0.25, 0.3) is 5.91 Å². The highest BCUT2D eigenvalue weighted by Crippen LogP contribution is 2.35. The summed E-state index contributed by atoms with van der Waals surface area (Å²) in [5.74, 6) is -0.785. The molecule has 1 heterocycles. The Balaban J connectivity index is 2.02. The zero-order chi connectivity index (χ0) is 22.5. The third-order valence-corrected chi connectivity index (χ3v) is 5.22. The fraction of sp³-hybridized carbons (Fsp3) is 0.273. The number of nitrogens with zero attached hydrogens (tertiary/aromatic N) is 2. The molecule has 3 aromatic rings. The topological polar surface area (TPSA) is 63.6 Å². The van der Waals surface area contributed by atoms with Crippen LogP contribution in [-0.2, 0) is 11.3 Å². The van der Waals surface area contributed by atoms with Crippen molar-refractivity contribution in [3.05, 3.63) is 60.0 Å².